The Balaban J connectivity index is 2.00. The lowest BCUT2D eigenvalue weighted by Gasteiger charge is -2.15. The standard InChI is InChI=1S/C19H24Cl2N2O2/c1-22-7-4-8-23-12-15-10-17(21)19(18(11-15)24-2)25-13-14-5-3-6-16(20)9-14/h3,5-6,9-11,22-23H,4,7-8,12-13H2,1-2H3. The summed E-state index contributed by atoms with van der Waals surface area (Å²) in [5.41, 5.74) is 2.03. The van der Waals surface area contributed by atoms with Crippen molar-refractivity contribution in [2.24, 2.45) is 0 Å². The van der Waals surface area contributed by atoms with Gasteiger partial charge in [0.05, 0.1) is 12.1 Å². The second kappa shape index (κ2) is 10.5. The van der Waals surface area contributed by atoms with Gasteiger partial charge in [0, 0.05) is 11.6 Å². The molecule has 0 heterocycles. The molecule has 0 aliphatic heterocycles. The second-order valence-electron chi connectivity index (χ2n) is 5.66. The Hall–Kier alpha value is -1.46. The maximum Gasteiger partial charge on any atom is 0.180 e. The molecule has 0 unspecified atom stereocenters. The first kappa shape index (κ1) is 19.9. The van der Waals surface area contributed by atoms with E-state index in [0.29, 0.717) is 28.2 Å². The van der Waals surface area contributed by atoms with E-state index in [1.165, 1.54) is 0 Å². The predicted molar refractivity (Wildman–Crippen MR) is 104 cm³/mol. The Morgan fingerprint density at radius 2 is 1.88 bits per heavy atom. The average molecular weight is 383 g/mol. The van der Waals surface area contributed by atoms with Gasteiger partial charge in [-0.3, -0.25) is 0 Å². The molecular weight excluding hydrogens is 359 g/mol. The minimum Gasteiger partial charge on any atom is -0.493 e. The molecule has 2 N–H and O–H groups in total. The molecule has 0 aliphatic rings. The van der Waals surface area contributed by atoms with Crippen LogP contribution in [0.15, 0.2) is 36.4 Å². The summed E-state index contributed by atoms with van der Waals surface area (Å²) in [5, 5.41) is 7.73. The molecule has 0 atom stereocenters. The lowest BCUT2D eigenvalue weighted by Crippen LogP contribution is -2.19. The van der Waals surface area contributed by atoms with Crippen LogP contribution in [-0.2, 0) is 13.2 Å². The minimum atomic E-state index is 0.373. The Morgan fingerprint density at radius 1 is 1.04 bits per heavy atom. The van der Waals surface area contributed by atoms with E-state index in [9.17, 15) is 0 Å². The Morgan fingerprint density at radius 3 is 2.60 bits per heavy atom. The van der Waals surface area contributed by atoms with Gasteiger partial charge in [0.25, 0.3) is 0 Å². The molecule has 0 aromatic heterocycles. The van der Waals surface area contributed by atoms with Crippen LogP contribution in [0.1, 0.15) is 17.5 Å². The molecule has 136 valence electrons. The van der Waals surface area contributed by atoms with Gasteiger partial charge in [0.1, 0.15) is 6.61 Å². The van der Waals surface area contributed by atoms with E-state index in [0.717, 1.165) is 37.2 Å². The fourth-order valence-corrected chi connectivity index (χ4v) is 2.92. The molecule has 6 heteroatoms. The van der Waals surface area contributed by atoms with Crippen LogP contribution in [0, 0.1) is 0 Å². The Kier molecular flexibility index (Phi) is 8.35. The smallest absolute Gasteiger partial charge is 0.180 e. The topological polar surface area (TPSA) is 42.5 Å². The number of halogens is 2. The molecule has 0 aliphatic carbocycles. The van der Waals surface area contributed by atoms with E-state index in [1.807, 2.05) is 43.4 Å². The number of hydrogen-bond donors (Lipinski definition) is 2. The molecule has 0 amide bonds. The van der Waals surface area contributed by atoms with E-state index in [-0.39, 0.29) is 0 Å². The van der Waals surface area contributed by atoms with Gasteiger partial charge < -0.3 is 20.1 Å². The van der Waals surface area contributed by atoms with E-state index >= 15 is 0 Å². The molecule has 2 aromatic carbocycles. The van der Waals surface area contributed by atoms with E-state index in [4.69, 9.17) is 32.7 Å². The number of hydrogen-bond acceptors (Lipinski definition) is 4. The zero-order valence-electron chi connectivity index (χ0n) is 14.6. The summed E-state index contributed by atoms with van der Waals surface area (Å²) in [4.78, 5) is 0. The number of nitrogens with one attached hydrogen (secondary N) is 2. The summed E-state index contributed by atoms with van der Waals surface area (Å²) >= 11 is 12.4. The molecule has 0 fully saturated rings. The molecule has 2 rings (SSSR count). The molecular formula is C19H24Cl2N2O2. The van der Waals surface area contributed by atoms with Crippen molar-refractivity contribution in [1.29, 1.82) is 0 Å². The van der Waals surface area contributed by atoms with Crippen molar-refractivity contribution >= 4 is 23.2 Å². The molecule has 0 spiro atoms. The molecule has 0 radical (unpaired) electrons. The van der Waals surface area contributed by atoms with Gasteiger partial charge in [-0.05, 0) is 62.0 Å². The summed E-state index contributed by atoms with van der Waals surface area (Å²) < 4.78 is 11.3. The van der Waals surface area contributed by atoms with Crippen LogP contribution < -0.4 is 20.1 Å². The van der Waals surface area contributed by atoms with Crippen LogP contribution in [0.3, 0.4) is 0 Å². The highest BCUT2D eigenvalue weighted by atomic mass is 35.5. The van der Waals surface area contributed by atoms with Crippen molar-refractivity contribution in [2.45, 2.75) is 19.6 Å². The van der Waals surface area contributed by atoms with Crippen molar-refractivity contribution in [3.05, 3.63) is 57.6 Å². The van der Waals surface area contributed by atoms with Crippen LogP contribution >= 0.6 is 23.2 Å². The van der Waals surface area contributed by atoms with Gasteiger partial charge in [-0.25, -0.2) is 0 Å². The second-order valence-corrected chi connectivity index (χ2v) is 6.51. The summed E-state index contributed by atoms with van der Waals surface area (Å²) in [6.45, 7) is 3.04. The molecule has 25 heavy (non-hydrogen) atoms. The molecule has 0 bridgehead atoms. The maximum absolute atomic E-state index is 6.40. The highest BCUT2D eigenvalue weighted by Gasteiger charge is 2.12. The Labute approximate surface area is 159 Å². The van der Waals surface area contributed by atoms with Crippen molar-refractivity contribution in [2.75, 3.05) is 27.2 Å². The third kappa shape index (κ3) is 6.40. The van der Waals surface area contributed by atoms with Crippen LogP contribution in [0.5, 0.6) is 11.5 Å². The SMILES string of the molecule is CNCCCNCc1cc(Cl)c(OCc2cccc(Cl)c2)c(OC)c1. The maximum atomic E-state index is 6.40. The molecule has 4 nitrogen and oxygen atoms in total. The number of rotatable bonds is 10. The molecule has 0 saturated heterocycles. The lowest BCUT2D eigenvalue weighted by atomic mass is 10.2. The third-order valence-corrected chi connectivity index (χ3v) is 4.19. The third-order valence-electron chi connectivity index (χ3n) is 3.67. The van der Waals surface area contributed by atoms with Crippen molar-refractivity contribution in [1.82, 2.24) is 10.6 Å². The van der Waals surface area contributed by atoms with Gasteiger partial charge in [-0.2, -0.15) is 0 Å². The first-order valence-electron chi connectivity index (χ1n) is 8.23. The molecule has 0 saturated carbocycles. The van der Waals surface area contributed by atoms with Gasteiger partial charge in [0.2, 0.25) is 0 Å². The zero-order chi connectivity index (χ0) is 18.1. The van der Waals surface area contributed by atoms with Crippen LogP contribution in [0.4, 0.5) is 0 Å². The van der Waals surface area contributed by atoms with Crippen LogP contribution in [0.25, 0.3) is 0 Å². The highest BCUT2D eigenvalue weighted by Crippen LogP contribution is 2.37. The summed E-state index contributed by atoms with van der Waals surface area (Å²) in [6, 6.07) is 11.4. The fourth-order valence-electron chi connectivity index (χ4n) is 2.42. The van der Waals surface area contributed by atoms with Crippen molar-refractivity contribution in [3.8, 4) is 11.5 Å². The van der Waals surface area contributed by atoms with Gasteiger partial charge in [-0.1, -0.05) is 35.3 Å². The average Bonchev–Trinajstić information content (AvgIpc) is 2.60. The van der Waals surface area contributed by atoms with Crippen LogP contribution in [0.2, 0.25) is 10.0 Å². The monoisotopic (exact) mass is 382 g/mol. The van der Waals surface area contributed by atoms with E-state index in [2.05, 4.69) is 10.6 Å². The van der Waals surface area contributed by atoms with Gasteiger partial charge in [-0.15, -0.1) is 0 Å². The summed E-state index contributed by atoms with van der Waals surface area (Å²) in [7, 11) is 3.56. The highest BCUT2D eigenvalue weighted by molar-refractivity contribution is 6.32. The summed E-state index contributed by atoms with van der Waals surface area (Å²) in [5.74, 6) is 1.17. The molecule has 2 aromatic rings. The fraction of sp³-hybridized carbons (Fsp3) is 0.368. The first-order chi connectivity index (χ1) is 12.1. The predicted octanol–water partition coefficient (Wildman–Crippen LogP) is 4.28. The Bertz CT molecular complexity index is 680. The van der Waals surface area contributed by atoms with Crippen molar-refractivity contribution < 1.29 is 9.47 Å². The van der Waals surface area contributed by atoms with E-state index < -0.39 is 0 Å². The number of methoxy groups -OCH3 is 1. The number of benzene rings is 2. The first-order valence-corrected chi connectivity index (χ1v) is 8.98. The van der Waals surface area contributed by atoms with Crippen molar-refractivity contribution in [3.63, 3.8) is 0 Å². The minimum absolute atomic E-state index is 0.373. The van der Waals surface area contributed by atoms with Gasteiger partial charge >= 0.3 is 0 Å². The van der Waals surface area contributed by atoms with E-state index in [1.54, 1.807) is 7.11 Å². The zero-order valence-corrected chi connectivity index (χ0v) is 16.1. The largest absolute Gasteiger partial charge is 0.493 e. The van der Waals surface area contributed by atoms with Crippen LogP contribution in [-0.4, -0.2) is 27.2 Å². The normalized spacial score (nSPS) is 10.7. The quantitative estimate of drug-likeness (QED) is 0.601. The number of ether oxygens (including phenoxy) is 2. The van der Waals surface area contributed by atoms with Gasteiger partial charge in [0.15, 0.2) is 11.5 Å². The summed E-state index contributed by atoms with van der Waals surface area (Å²) in [6.07, 6.45) is 1.07. The lowest BCUT2D eigenvalue weighted by molar-refractivity contribution is 0.284.